The van der Waals surface area contributed by atoms with Gasteiger partial charge in [0.15, 0.2) is 0 Å². The maximum atomic E-state index is 11.3. The number of nitro benzene ring substituents is 1. The molecule has 32 heavy (non-hydrogen) atoms. The predicted octanol–water partition coefficient (Wildman–Crippen LogP) is 4.03. The summed E-state index contributed by atoms with van der Waals surface area (Å²) in [7, 11) is 0. The van der Waals surface area contributed by atoms with E-state index in [1.165, 1.54) is 24.3 Å². The fourth-order valence-electron chi connectivity index (χ4n) is 3.63. The summed E-state index contributed by atoms with van der Waals surface area (Å²) in [6, 6.07) is 15.8. The number of carboxylic acid groups (broad SMARTS) is 1. The van der Waals surface area contributed by atoms with Crippen molar-refractivity contribution in [2.24, 2.45) is 5.73 Å². The first-order valence-electron chi connectivity index (χ1n) is 9.53. The number of carbonyl (C=O) groups is 1. The molecule has 0 amide bonds. The Morgan fingerprint density at radius 1 is 1.09 bits per heavy atom. The van der Waals surface area contributed by atoms with E-state index >= 15 is 0 Å². The topological polar surface area (TPSA) is 166 Å². The number of rotatable bonds is 6. The van der Waals surface area contributed by atoms with Crippen LogP contribution in [-0.4, -0.2) is 31.9 Å². The average molecular weight is 430 g/mol. The standard InChI is InChI=1S/C23H18N4O5/c24-23(25)14-4-5-19-15(9-14)11-20(26-19)18-7-12(8-21(28)29)6-17(22(18)30)13-2-1-3-16(10-13)27(31)32/h1-7,9-11,26,30H,8H2,(H3,24,25)(H,28,29). The van der Waals surface area contributed by atoms with Gasteiger partial charge in [-0.15, -0.1) is 0 Å². The number of amidine groups is 1. The summed E-state index contributed by atoms with van der Waals surface area (Å²) >= 11 is 0. The average Bonchev–Trinajstić information content (AvgIpc) is 3.17. The molecule has 0 radical (unpaired) electrons. The van der Waals surface area contributed by atoms with Gasteiger partial charge in [0.05, 0.1) is 17.0 Å². The van der Waals surface area contributed by atoms with Crippen LogP contribution in [0, 0.1) is 15.5 Å². The summed E-state index contributed by atoms with van der Waals surface area (Å²) in [4.78, 5) is 25.2. The summed E-state index contributed by atoms with van der Waals surface area (Å²) in [6.07, 6.45) is -0.288. The number of aromatic nitrogens is 1. The highest BCUT2D eigenvalue weighted by Gasteiger charge is 2.18. The molecule has 1 aromatic heterocycles. The Kier molecular flexibility index (Phi) is 5.07. The molecule has 0 spiro atoms. The number of non-ortho nitro benzene ring substituents is 1. The minimum absolute atomic E-state index is 0.0751. The number of hydrogen-bond donors (Lipinski definition) is 5. The van der Waals surface area contributed by atoms with E-state index < -0.39 is 10.9 Å². The Morgan fingerprint density at radius 3 is 2.53 bits per heavy atom. The first kappa shape index (κ1) is 20.6. The van der Waals surface area contributed by atoms with Crippen molar-refractivity contribution in [3.8, 4) is 28.1 Å². The quantitative estimate of drug-likeness (QED) is 0.134. The number of phenols is 1. The van der Waals surface area contributed by atoms with Crippen molar-refractivity contribution in [2.45, 2.75) is 6.42 Å². The van der Waals surface area contributed by atoms with Gasteiger partial charge >= 0.3 is 5.97 Å². The first-order valence-corrected chi connectivity index (χ1v) is 9.53. The van der Waals surface area contributed by atoms with Crippen LogP contribution in [0.1, 0.15) is 11.1 Å². The third-order valence-electron chi connectivity index (χ3n) is 5.11. The van der Waals surface area contributed by atoms with Crippen molar-refractivity contribution in [2.75, 3.05) is 0 Å². The highest BCUT2D eigenvalue weighted by Crippen LogP contribution is 2.40. The smallest absolute Gasteiger partial charge is 0.307 e. The molecular formula is C23H18N4O5. The van der Waals surface area contributed by atoms with Gasteiger partial charge in [-0.1, -0.05) is 12.1 Å². The van der Waals surface area contributed by atoms with E-state index in [1.54, 1.807) is 36.4 Å². The molecule has 0 fully saturated rings. The number of hydrogen-bond acceptors (Lipinski definition) is 5. The minimum Gasteiger partial charge on any atom is -0.507 e. The lowest BCUT2D eigenvalue weighted by Gasteiger charge is -2.12. The fourth-order valence-corrected chi connectivity index (χ4v) is 3.63. The summed E-state index contributed by atoms with van der Waals surface area (Å²) in [5, 5.41) is 39.9. The molecular weight excluding hydrogens is 412 g/mol. The Hall–Kier alpha value is -4.66. The fraction of sp³-hybridized carbons (Fsp3) is 0.0435. The van der Waals surface area contributed by atoms with E-state index in [0.29, 0.717) is 27.9 Å². The number of nitrogen functional groups attached to an aromatic ring is 1. The molecule has 0 atom stereocenters. The first-order chi connectivity index (χ1) is 15.2. The van der Waals surface area contributed by atoms with Gasteiger partial charge in [0.2, 0.25) is 0 Å². The zero-order valence-corrected chi connectivity index (χ0v) is 16.6. The van der Waals surface area contributed by atoms with Gasteiger partial charge in [-0.25, -0.2) is 0 Å². The molecule has 160 valence electrons. The number of phenolic OH excluding ortho intramolecular Hbond substituents is 1. The molecule has 9 heteroatoms. The molecule has 0 saturated heterocycles. The van der Waals surface area contributed by atoms with Crippen LogP contribution in [0.3, 0.4) is 0 Å². The van der Waals surface area contributed by atoms with Crippen molar-refractivity contribution in [1.82, 2.24) is 4.98 Å². The van der Waals surface area contributed by atoms with Crippen molar-refractivity contribution in [3.63, 3.8) is 0 Å². The molecule has 1 heterocycles. The lowest BCUT2D eigenvalue weighted by Crippen LogP contribution is -2.10. The SMILES string of the molecule is N=C(N)c1ccc2[nH]c(-c3cc(CC(=O)O)cc(-c4cccc([N+](=O)[O-])c4)c3O)cc2c1. The van der Waals surface area contributed by atoms with E-state index in [9.17, 15) is 25.1 Å². The lowest BCUT2D eigenvalue weighted by molar-refractivity contribution is -0.384. The second-order valence-electron chi connectivity index (χ2n) is 7.32. The molecule has 3 aromatic carbocycles. The number of nitrogens with one attached hydrogen (secondary N) is 2. The van der Waals surface area contributed by atoms with Gasteiger partial charge in [-0.3, -0.25) is 20.3 Å². The molecule has 6 N–H and O–H groups in total. The molecule has 0 aliphatic heterocycles. The monoisotopic (exact) mass is 430 g/mol. The zero-order chi connectivity index (χ0) is 23.0. The van der Waals surface area contributed by atoms with Crippen LogP contribution in [0.25, 0.3) is 33.3 Å². The van der Waals surface area contributed by atoms with Crippen molar-refractivity contribution in [1.29, 1.82) is 5.41 Å². The number of fused-ring (bicyclic) bond motifs is 1. The number of nitrogens with two attached hydrogens (primary N) is 1. The Balaban J connectivity index is 1.92. The van der Waals surface area contributed by atoms with E-state index in [1.807, 2.05) is 0 Å². The molecule has 4 rings (SSSR count). The molecule has 0 saturated carbocycles. The van der Waals surface area contributed by atoms with Crippen LogP contribution in [0.4, 0.5) is 5.69 Å². The molecule has 0 unspecified atom stereocenters. The molecule has 0 aliphatic carbocycles. The predicted molar refractivity (Wildman–Crippen MR) is 120 cm³/mol. The molecule has 9 nitrogen and oxygen atoms in total. The van der Waals surface area contributed by atoms with Gasteiger partial charge in [0.25, 0.3) is 5.69 Å². The van der Waals surface area contributed by atoms with E-state index in [4.69, 9.17) is 11.1 Å². The third kappa shape index (κ3) is 3.86. The van der Waals surface area contributed by atoms with Gasteiger partial charge in [-0.2, -0.15) is 0 Å². The number of carboxylic acids is 1. The number of nitro groups is 1. The summed E-state index contributed by atoms with van der Waals surface area (Å²) in [6.45, 7) is 0. The van der Waals surface area contributed by atoms with Crippen LogP contribution < -0.4 is 5.73 Å². The Labute approximate surface area is 181 Å². The van der Waals surface area contributed by atoms with E-state index in [-0.39, 0.29) is 29.3 Å². The summed E-state index contributed by atoms with van der Waals surface area (Å²) in [5.74, 6) is -1.26. The molecule has 0 bridgehead atoms. The number of H-pyrrole nitrogens is 1. The number of aromatic hydroxyl groups is 1. The van der Waals surface area contributed by atoms with Gasteiger partial charge < -0.3 is 20.9 Å². The zero-order valence-electron chi connectivity index (χ0n) is 16.6. The van der Waals surface area contributed by atoms with Crippen LogP contribution in [0.15, 0.2) is 60.7 Å². The van der Waals surface area contributed by atoms with Gasteiger partial charge in [-0.05, 0) is 47.5 Å². The number of benzene rings is 3. The van der Waals surface area contributed by atoms with Gasteiger partial charge in [0, 0.05) is 39.7 Å². The summed E-state index contributed by atoms with van der Waals surface area (Å²) < 4.78 is 0. The van der Waals surface area contributed by atoms with Crippen molar-refractivity contribution in [3.05, 3.63) is 81.9 Å². The number of nitrogens with zero attached hydrogens (tertiary/aromatic N) is 1. The Bertz CT molecular complexity index is 1410. The second kappa shape index (κ2) is 7.88. The van der Waals surface area contributed by atoms with Crippen LogP contribution in [0.2, 0.25) is 0 Å². The van der Waals surface area contributed by atoms with Crippen LogP contribution >= 0.6 is 0 Å². The van der Waals surface area contributed by atoms with Crippen LogP contribution in [-0.2, 0) is 11.2 Å². The highest BCUT2D eigenvalue weighted by molar-refractivity contribution is 6.00. The van der Waals surface area contributed by atoms with Gasteiger partial charge in [0.1, 0.15) is 11.6 Å². The lowest BCUT2D eigenvalue weighted by atomic mass is 9.95. The van der Waals surface area contributed by atoms with E-state index in [2.05, 4.69) is 4.98 Å². The normalized spacial score (nSPS) is 10.9. The maximum absolute atomic E-state index is 11.3. The molecule has 0 aliphatic rings. The van der Waals surface area contributed by atoms with Crippen molar-refractivity contribution < 1.29 is 19.9 Å². The second-order valence-corrected chi connectivity index (χ2v) is 7.32. The van der Waals surface area contributed by atoms with E-state index in [0.717, 1.165) is 10.9 Å². The number of aromatic amines is 1. The maximum Gasteiger partial charge on any atom is 0.307 e. The largest absolute Gasteiger partial charge is 0.507 e. The number of aliphatic carboxylic acids is 1. The summed E-state index contributed by atoms with van der Waals surface area (Å²) in [5.41, 5.74) is 8.68. The van der Waals surface area contributed by atoms with Crippen LogP contribution in [0.5, 0.6) is 5.75 Å². The minimum atomic E-state index is -1.05. The highest BCUT2D eigenvalue weighted by atomic mass is 16.6. The Morgan fingerprint density at radius 2 is 1.84 bits per heavy atom. The van der Waals surface area contributed by atoms with Crippen molar-refractivity contribution >= 4 is 28.4 Å². The third-order valence-corrected chi connectivity index (χ3v) is 5.11. The molecule has 4 aromatic rings.